The van der Waals surface area contributed by atoms with Crippen LogP contribution in [0.4, 0.5) is 10.9 Å². The van der Waals surface area contributed by atoms with E-state index in [-0.39, 0.29) is 38.5 Å². The molecule has 0 radical (unpaired) electrons. The fourth-order valence-electron chi connectivity index (χ4n) is 3.99. The summed E-state index contributed by atoms with van der Waals surface area (Å²) < 4.78 is 33.1. The summed E-state index contributed by atoms with van der Waals surface area (Å²) in [5.41, 5.74) is 2.52. The topological polar surface area (TPSA) is 205 Å². The molecule has 1 aromatic carbocycles. The number of hydrogen-bond acceptors (Lipinski definition) is 9. The molecule has 0 bridgehead atoms. The van der Waals surface area contributed by atoms with Crippen molar-refractivity contribution in [2.45, 2.75) is 51.5 Å². The van der Waals surface area contributed by atoms with Gasteiger partial charge in [-0.15, -0.1) is 11.3 Å². The number of hydrogen-bond donors (Lipinski definition) is 5. The number of anilines is 2. The minimum atomic E-state index is -4.23. The highest BCUT2D eigenvalue weighted by Gasteiger charge is 2.27. The summed E-state index contributed by atoms with van der Waals surface area (Å²) in [5.74, 6) is -4.54. The average Bonchev–Trinajstić information content (AvgIpc) is 3.43. The lowest BCUT2D eigenvalue weighted by Gasteiger charge is -2.18. The van der Waals surface area contributed by atoms with Crippen LogP contribution in [0.1, 0.15) is 44.7 Å². The molecule has 2 amide bonds. The minimum absolute atomic E-state index is 0.00972. The van der Waals surface area contributed by atoms with Crippen molar-refractivity contribution in [3.05, 3.63) is 56.0 Å². The number of nitrogens with one attached hydrogen (secondary N) is 3. The fraction of sp³-hybridized carbons (Fsp3) is 0.292. The third-order valence-electron chi connectivity index (χ3n) is 5.87. The quantitative estimate of drug-likeness (QED) is 0.214. The Labute approximate surface area is 237 Å². The van der Waals surface area contributed by atoms with Crippen molar-refractivity contribution in [2.24, 2.45) is 0 Å². The summed E-state index contributed by atoms with van der Waals surface area (Å²) >= 11 is 6.98. The fourth-order valence-corrected chi connectivity index (χ4v) is 6.44. The lowest BCUT2D eigenvalue weighted by Crippen LogP contribution is -2.43. The van der Waals surface area contributed by atoms with E-state index in [1.54, 1.807) is 26.8 Å². The molecule has 1 atom stereocenters. The van der Waals surface area contributed by atoms with Crippen LogP contribution in [0.25, 0.3) is 0 Å². The number of sulfonamides is 1. The number of carbonyl (C=O) groups is 4. The van der Waals surface area contributed by atoms with Crippen LogP contribution in [0.15, 0.2) is 26.9 Å². The van der Waals surface area contributed by atoms with E-state index in [1.165, 1.54) is 18.4 Å². The van der Waals surface area contributed by atoms with E-state index >= 15 is 0 Å². The third kappa shape index (κ3) is 6.78. The summed E-state index contributed by atoms with van der Waals surface area (Å²) in [6.45, 7) is 6.52. The van der Waals surface area contributed by atoms with E-state index < -0.39 is 46.2 Å². The number of carboxylic acids is 2. The monoisotopic (exact) mass is 612 g/mol. The Balaban J connectivity index is 1.87. The third-order valence-corrected chi connectivity index (χ3v) is 8.65. The maximum Gasteiger partial charge on any atom is 0.326 e. The maximum atomic E-state index is 13.4. The lowest BCUT2D eigenvalue weighted by atomic mass is 9.91. The Morgan fingerprint density at radius 1 is 1.12 bits per heavy atom. The molecule has 214 valence electrons. The van der Waals surface area contributed by atoms with Crippen LogP contribution in [0, 0.1) is 27.7 Å². The number of halogens is 1. The number of benzene rings is 1. The Bertz CT molecular complexity index is 1610. The van der Waals surface area contributed by atoms with Gasteiger partial charge in [0.05, 0.1) is 12.8 Å². The SMILES string of the molecule is Cc1cc(C)c(C(=O)Nc2sccc2S(=O)(=O)Nc2onc(C)c2Cl)c(C)c1CC(=O)NC(CC(=O)O)C(=O)O. The zero-order valence-corrected chi connectivity index (χ0v) is 24.0. The van der Waals surface area contributed by atoms with Crippen LogP contribution < -0.4 is 15.4 Å². The van der Waals surface area contributed by atoms with Crippen molar-refractivity contribution >= 4 is 67.6 Å². The van der Waals surface area contributed by atoms with Crippen LogP contribution in [0.2, 0.25) is 5.02 Å². The Morgan fingerprint density at radius 3 is 2.38 bits per heavy atom. The van der Waals surface area contributed by atoms with E-state index in [2.05, 4.69) is 20.5 Å². The Kier molecular flexibility index (Phi) is 9.22. The van der Waals surface area contributed by atoms with Gasteiger partial charge >= 0.3 is 11.9 Å². The molecule has 0 aliphatic rings. The predicted octanol–water partition coefficient (Wildman–Crippen LogP) is 3.26. The first-order valence-electron chi connectivity index (χ1n) is 11.5. The molecule has 0 aliphatic carbocycles. The summed E-state index contributed by atoms with van der Waals surface area (Å²) in [5, 5.41) is 28.0. The van der Waals surface area contributed by atoms with Crippen molar-refractivity contribution in [1.29, 1.82) is 0 Å². The number of rotatable bonds is 11. The van der Waals surface area contributed by atoms with Crippen LogP contribution >= 0.6 is 22.9 Å². The smallest absolute Gasteiger partial charge is 0.326 e. The molecule has 2 heterocycles. The van der Waals surface area contributed by atoms with Crippen LogP contribution in [-0.2, 0) is 30.8 Å². The average molecular weight is 613 g/mol. The molecule has 1 unspecified atom stereocenters. The standard InChI is InChI=1S/C24H25ClN4O9S2/c1-10-7-11(2)19(12(3)14(10)8-17(30)26-15(24(34)35)9-18(31)32)21(33)27-23-16(5-6-39-23)40(36,37)29-22-20(25)13(4)28-38-22/h5-7,15,29H,8-9H2,1-4H3,(H,26,30)(H,27,33)(H,31,32)(H,34,35). The minimum Gasteiger partial charge on any atom is -0.481 e. The number of carboxylic acid groups (broad SMARTS) is 2. The van der Waals surface area contributed by atoms with Crippen molar-refractivity contribution in [3.63, 3.8) is 0 Å². The zero-order valence-electron chi connectivity index (χ0n) is 21.6. The number of thiophene rings is 1. The van der Waals surface area contributed by atoms with E-state index in [0.29, 0.717) is 22.3 Å². The first-order chi connectivity index (χ1) is 18.6. The first-order valence-corrected chi connectivity index (χ1v) is 14.2. The molecule has 3 aromatic rings. The van der Waals surface area contributed by atoms with Gasteiger partial charge in [-0.05, 0) is 61.4 Å². The summed E-state index contributed by atoms with van der Waals surface area (Å²) in [6.07, 6.45) is -1.12. The molecule has 3 rings (SSSR count). The van der Waals surface area contributed by atoms with Gasteiger partial charge in [-0.25, -0.2) is 17.9 Å². The first kappa shape index (κ1) is 30.6. The van der Waals surface area contributed by atoms with Crippen LogP contribution in [0.5, 0.6) is 0 Å². The number of amides is 2. The van der Waals surface area contributed by atoms with E-state index in [4.69, 9.17) is 21.2 Å². The summed E-state index contributed by atoms with van der Waals surface area (Å²) in [4.78, 5) is 48.0. The molecule has 16 heteroatoms. The predicted molar refractivity (Wildman–Crippen MR) is 146 cm³/mol. The van der Waals surface area contributed by atoms with Gasteiger partial charge < -0.3 is 25.4 Å². The molecule has 5 N–H and O–H groups in total. The van der Waals surface area contributed by atoms with Crippen molar-refractivity contribution in [2.75, 3.05) is 10.0 Å². The molecule has 13 nitrogen and oxygen atoms in total. The molecular formula is C24H25ClN4O9S2. The van der Waals surface area contributed by atoms with Crippen molar-refractivity contribution in [1.82, 2.24) is 10.5 Å². The van der Waals surface area contributed by atoms with Gasteiger partial charge in [0.25, 0.3) is 21.8 Å². The number of aryl methyl sites for hydroxylation is 3. The van der Waals surface area contributed by atoms with Gasteiger partial charge in [0, 0.05) is 5.56 Å². The largest absolute Gasteiger partial charge is 0.481 e. The zero-order chi connectivity index (χ0) is 29.9. The molecule has 0 saturated carbocycles. The van der Waals surface area contributed by atoms with Gasteiger partial charge in [-0.1, -0.05) is 22.8 Å². The van der Waals surface area contributed by atoms with E-state index in [0.717, 1.165) is 11.3 Å². The molecule has 0 saturated heterocycles. The molecule has 0 aliphatic heterocycles. The Morgan fingerprint density at radius 2 is 1.80 bits per heavy atom. The molecule has 0 fully saturated rings. The molecular weight excluding hydrogens is 588 g/mol. The number of carbonyl (C=O) groups excluding carboxylic acids is 2. The van der Waals surface area contributed by atoms with Gasteiger partial charge in [-0.2, -0.15) is 0 Å². The summed E-state index contributed by atoms with van der Waals surface area (Å²) in [6, 6.07) is 1.33. The number of nitrogens with zero attached hydrogens (tertiary/aromatic N) is 1. The van der Waals surface area contributed by atoms with Crippen molar-refractivity contribution < 1.29 is 42.3 Å². The Hall–Kier alpha value is -3.95. The number of aromatic nitrogens is 1. The van der Waals surface area contributed by atoms with Gasteiger partial charge in [0.15, 0.2) is 0 Å². The highest BCUT2D eigenvalue weighted by Crippen LogP contribution is 2.33. The highest BCUT2D eigenvalue weighted by molar-refractivity contribution is 7.93. The normalized spacial score (nSPS) is 12.0. The summed E-state index contributed by atoms with van der Waals surface area (Å²) in [7, 11) is -4.23. The second-order valence-electron chi connectivity index (χ2n) is 8.81. The van der Waals surface area contributed by atoms with Gasteiger partial charge in [-0.3, -0.25) is 14.4 Å². The second-order valence-corrected chi connectivity index (χ2v) is 11.8. The molecule has 0 spiro atoms. The molecule has 2 aromatic heterocycles. The molecule has 40 heavy (non-hydrogen) atoms. The highest BCUT2D eigenvalue weighted by atomic mass is 35.5. The van der Waals surface area contributed by atoms with Gasteiger partial charge in [0.2, 0.25) is 5.91 Å². The van der Waals surface area contributed by atoms with E-state index in [9.17, 15) is 32.7 Å². The maximum absolute atomic E-state index is 13.4. The second kappa shape index (κ2) is 12.1. The van der Waals surface area contributed by atoms with E-state index in [1.807, 2.05) is 0 Å². The lowest BCUT2D eigenvalue weighted by molar-refractivity contribution is -0.147. The van der Waals surface area contributed by atoms with Gasteiger partial charge in [0.1, 0.15) is 26.7 Å². The van der Waals surface area contributed by atoms with Crippen molar-refractivity contribution in [3.8, 4) is 0 Å². The van der Waals surface area contributed by atoms with Crippen LogP contribution in [0.3, 0.4) is 0 Å². The number of aliphatic carboxylic acids is 2. The van der Waals surface area contributed by atoms with Crippen LogP contribution in [-0.4, -0.2) is 53.6 Å².